The molecule has 8 nitrogen and oxygen atoms in total. The highest BCUT2D eigenvalue weighted by Gasteiger charge is 2.33. The Morgan fingerprint density at radius 1 is 1.16 bits per heavy atom. The zero-order valence-corrected chi connectivity index (χ0v) is 24.3. The summed E-state index contributed by atoms with van der Waals surface area (Å²) in [5.74, 6) is -2.09. The molecule has 12 heteroatoms. The maximum absolute atomic E-state index is 15.9. The number of fused-ring (bicyclic) bond motifs is 2. The number of rotatable bonds is 7. The molecule has 2 aliphatic rings. The summed E-state index contributed by atoms with van der Waals surface area (Å²) in [6.45, 7) is 5.02. The minimum absolute atomic E-state index is 0.0319. The van der Waals surface area contributed by atoms with Crippen LogP contribution in [0.1, 0.15) is 19.3 Å². The monoisotopic (exact) mass is 606 g/mol. The van der Waals surface area contributed by atoms with Crippen LogP contribution in [0.4, 0.5) is 19.0 Å². The van der Waals surface area contributed by atoms with E-state index in [4.69, 9.17) is 4.74 Å². The van der Waals surface area contributed by atoms with Gasteiger partial charge < -0.3 is 19.4 Å². The van der Waals surface area contributed by atoms with E-state index in [2.05, 4.69) is 27.5 Å². The van der Waals surface area contributed by atoms with Gasteiger partial charge in [-0.15, -0.1) is 11.3 Å². The lowest BCUT2D eigenvalue weighted by Crippen LogP contribution is -2.55. The van der Waals surface area contributed by atoms with Gasteiger partial charge in [-0.1, -0.05) is 24.8 Å². The first-order valence-electron chi connectivity index (χ1n) is 14.0. The number of hydrogen-bond donors (Lipinski definition) is 0. The summed E-state index contributed by atoms with van der Waals surface area (Å²) in [6.07, 6.45) is 2.02. The van der Waals surface area contributed by atoms with Gasteiger partial charge in [-0.3, -0.25) is 4.79 Å². The molecule has 43 heavy (non-hydrogen) atoms. The predicted molar refractivity (Wildman–Crippen MR) is 160 cm³/mol. The highest BCUT2D eigenvalue weighted by Crippen LogP contribution is 2.39. The van der Waals surface area contributed by atoms with E-state index < -0.39 is 23.6 Å². The molecule has 0 saturated carbocycles. The molecule has 1 amide bonds. The van der Waals surface area contributed by atoms with E-state index in [1.807, 2.05) is 11.9 Å². The van der Waals surface area contributed by atoms with E-state index >= 15 is 4.39 Å². The number of aromatic nitrogens is 2. The number of hydrogen-bond acceptors (Lipinski definition) is 8. The lowest BCUT2D eigenvalue weighted by atomic mass is 10.0. The number of amides is 1. The zero-order chi connectivity index (χ0) is 30.2. The molecular weight excluding hydrogens is 577 g/mol. The van der Waals surface area contributed by atoms with Crippen LogP contribution in [0.15, 0.2) is 48.8 Å². The lowest BCUT2D eigenvalue weighted by Gasteiger charge is -2.41. The Morgan fingerprint density at radius 2 is 2.00 bits per heavy atom. The number of benzene rings is 2. The van der Waals surface area contributed by atoms with E-state index in [-0.39, 0.29) is 48.8 Å². The molecule has 0 bridgehead atoms. The Labute approximate surface area is 250 Å². The van der Waals surface area contributed by atoms with Crippen molar-refractivity contribution in [1.82, 2.24) is 19.8 Å². The lowest BCUT2D eigenvalue weighted by molar-refractivity contribution is -0.131. The van der Waals surface area contributed by atoms with Crippen molar-refractivity contribution in [2.24, 2.45) is 0 Å². The van der Waals surface area contributed by atoms with Crippen molar-refractivity contribution < 1.29 is 22.7 Å². The van der Waals surface area contributed by atoms with Crippen LogP contribution in [-0.2, 0) is 4.79 Å². The number of piperazine rings is 1. The van der Waals surface area contributed by atoms with E-state index in [9.17, 15) is 18.8 Å². The van der Waals surface area contributed by atoms with E-state index in [0.29, 0.717) is 39.0 Å². The van der Waals surface area contributed by atoms with Crippen molar-refractivity contribution in [3.63, 3.8) is 0 Å². The maximum Gasteiger partial charge on any atom is 0.319 e. The number of nitriles is 1. The summed E-state index contributed by atoms with van der Waals surface area (Å²) in [6, 6.07) is 11.5. The van der Waals surface area contributed by atoms with Crippen LogP contribution in [0.5, 0.6) is 6.01 Å². The van der Waals surface area contributed by atoms with Crippen LogP contribution in [-0.4, -0.2) is 77.6 Å². The van der Waals surface area contributed by atoms with Gasteiger partial charge in [-0.05, 0) is 50.0 Å². The average molecular weight is 607 g/mol. The predicted octanol–water partition coefficient (Wildman–Crippen LogP) is 5.68. The smallest absolute Gasteiger partial charge is 0.319 e. The van der Waals surface area contributed by atoms with Gasteiger partial charge >= 0.3 is 6.01 Å². The third-order valence-electron chi connectivity index (χ3n) is 8.23. The topological polar surface area (TPSA) is 85.6 Å². The number of likely N-dealkylation sites (tertiary alicyclic amines) is 1. The molecule has 2 fully saturated rings. The largest absolute Gasteiger partial charge is 0.462 e. The van der Waals surface area contributed by atoms with Gasteiger partial charge in [0.05, 0.1) is 24.0 Å². The number of anilines is 1. The van der Waals surface area contributed by atoms with Crippen molar-refractivity contribution >= 4 is 44.1 Å². The third-order valence-corrected chi connectivity index (χ3v) is 9.20. The first kappa shape index (κ1) is 28.9. The number of likely N-dealkylation sites (N-methyl/N-ethyl adjacent to an activating group) is 1. The molecule has 4 heterocycles. The Bertz CT molecular complexity index is 1770. The fourth-order valence-corrected chi connectivity index (χ4v) is 6.89. The molecule has 222 valence electrons. The molecule has 0 unspecified atom stereocenters. The van der Waals surface area contributed by atoms with Gasteiger partial charge in [0, 0.05) is 46.9 Å². The molecule has 4 aromatic rings. The molecule has 2 aromatic carbocycles. The summed E-state index contributed by atoms with van der Waals surface area (Å²) in [7, 11) is 2.04. The number of nitrogens with zero attached hydrogens (tertiary/aromatic N) is 6. The quantitative estimate of drug-likeness (QED) is 0.251. The molecule has 6 rings (SSSR count). The van der Waals surface area contributed by atoms with Crippen LogP contribution in [0, 0.1) is 22.3 Å². The minimum atomic E-state index is -1.09. The summed E-state index contributed by atoms with van der Waals surface area (Å²) in [5.41, 5.74) is 1.25. The molecule has 2 aromatic heterocycles. The van der Waals surface area contributed by atoms with Gasteiger partial charge in [0.2, 0.25) is 0 Å². The molecule has 2 aliphatic heterocycles. The molecule has 0 radical (unpaired) electrons. The van der Waals surface area contributed by atoms with Crippen LogP contribution in [0.25, 0.3) is 32.1 Å². The van der Waals surface area contributed by atoms with Crippen molar-refractivity contribution in [3.8, 4) is 23.2 Å². The van der Waals surface area contributed by atoms with Crippen molar-refractivity contribution in [3.05, 3.63) is 59.8 Å². The Morgan fingerprint density at radius 3 is 2.74 bits per heavy atom. The normalized spacial score (nSPS) is 19.2. The standard InChI is InChI=1S/C31H29F3N6O2S/c1-18(32)30(41)40-12-11-39(16-20(40)8-9-35)29-24-14-25(33)23(22-7-3-5-19-13-27(34)43-28(19)22)15-26(24)36-31(37-29)42-17-21-6-4-10-38(21)2/h3,5,7,13-15,20-21H,1,4,6,8,10-12,16-17H2,2H3/t20-,21-/m0/s1. The Balaban J connectivity index is 1.43. The second-order valence-electron chi connectivity index (χ2n) is 10.9. The maximum atomic E-state index is 15.9. The van der Waals surface area contributed by atoms with Gasteiger partial charge in [0.25, 0.3) is 5.91 Å². The number of thiophene rings is 1. The Kier molecular flexibility index (Phi) is 7.94. The number of ether oxygens (including phenoxy) is 1. The summed E-state index contributed by atoms with van der Waals surface area (Å²) in [4.78, 5) is 27.2. The molecule has 0 aliphatic carbocycles. The fraction of sp³-hybridized carbons (Fsp3) is 0.355. The van der Waals surface area contributed by atoms with Crippen LogP contribution >= 0.6 is 11.3 Å². The van der Waals surface area contributed by atoms with Crippen molar-refractivity contribution in [2.45, 2.75) is 31.3 Å². The second kappa shape index (κ2) is 11.8. The van der Waals surface area contributed by atoms with Gasteiger partial charge in [-0.25, -0.2) is 8.78 Å². The third kappa shape index (κ3) is 5.62. The highest BCUT2D eigenvalue weighted by molar-refractivity contribution is 7.18. The summed E-state index contributed by atoms with van der Waals surface area (Å²) in [5, 5.41) is 10.2. The van der Waals surface area contributed by atoms with E-state index in [0.717, 1.165) is 30.7 Å². The average Bonchev–Trinajstić information content (AvgIpc) is 3.59. The SMILES string of the molecule is C=C(F)C(=O)N1CCN(c2nc(OC[C@@H]3CCCN3C)nc3cc(-c4cccc5cc(F)sc45)c(F)cc23)C[C@@H]1CC#N. The van der Waals surface area contributed by atoms with Crippen molar-refractivity contribution in [1.29, 1.82) is 5.26 Å². The first-order chi connectivity index (χ1) is 20.7. The number of carbonyl (C=O) groups excluding carboxylic acids is 1. The fourth-order valence-electron chi connectivity index (χ4n) is 5.98. The van der Waals surface area contributed by atoms with Gasteiger partial charge in [0.15, 0.2) is 11.0 Å². The summed E-state index contributed by atoms with van der Waals surface area (Å²) < 4.78 is 50.5. The first-order valence-corrected chi connectivity index (χ1v) is 14.8. The van der Waals surface area contributed by atoms with Gasteiger partial charge in [-0.2, -0.15) is 19.6 Å². The zero-order valence-electron chi connectivity index (χ0n) is 23.5. The second-order valence-corrected chi connectivity index (χ2v) is 11.9. The molecule has 0 N–H and O–H groups in total. The van der Waals surface area contributed by atoms with E-state index in [1.54, 1.807) is 24.3 Å². The number of carbonyl (C=O) groups is 1. The molecular formula is C31H29F3N6O2S. The molecule has 2 saturated heterocycles. The van der Waals surface area contributed by atoms with Crippen LogP contribution in [0.3, 0.4) is 0 Å². The highest BCUT2D eigenvalue weighted by atomic mass is 32.1. The minimum Gasteiger partial charge on any atom is -0.462 e. The molecule has 0 spiro atoms. The van der Waals surface area contributed by atoms with E-state index in [1.165, 1.54) is 17.0 Å². The molecule has 2 atom stereocenters. The number of halogens is 3. The van der Waals surface area contributed by atoms with Gasteiger partial charge in [0.1, 0.15) is 18.2 Å². The Hall–Kier alpha value is -4.21. The van der Waals surface area contributed by atoms with Crippen molar-refractivity contribution in [2.75, 3.05) is 44.7 Å². The van der Waals surface area contributed by atoms with Crippen LogP contribution < -0.4 is 9.64 Å². The summed E-state index contributed by atoms with van der Waals surface area (Å²) >= 11 is 0.953. The van der Waals surface area contributed by atoms with Crippen LogP contribution in [0.2, 0.25) is 0 Å².